The average Bonchev–Trinajstić information content (AvgIpc) is 2.39. The lowest BCUT2D eigenvalue weighted by Crippen LogP contribution is -2.59. The minimum Gasteiger partial charge on any atom is -0.394 e. The van der Waals surface area contributed by atoms with Gasteiger partial charge in [-0.3, -0.25) is 4.79 Å². The van der Waals surface area contributed by atoms with Crippen molar-refractivity contribution in [2.45, 2.75) is 5.54 Å². The molecule has 1 aliphatic heterocycles. The van der Waals surface area contributed by atoms with Crippen LogP contribution in [0.25, 0.3) is 0 Å². The number of aliphatic hydroxyl groups is 3. The Labute approximate surface area is 116 Å². The molecule has 0 aliphatic carbocycles. The van der Waals surface area contributed by atoms with Crippen molar-refractivity contribution < 1.29 is 24.9 Å². The van der Waals surface area contributed by atoms with E-state index in [1.165, 1.54) is 0 Å². The fourth-order valence-electron chi connectivity index (χ4n) is 1.53. The average molecular weight is 290 g/mol. The third kappa shape index (κ3) is 4.60. The maximum atomic E-state index is 11.5. The minimum atomic E-state index is -1.45. The third-order valence-electron chi connectivity index (χ3n) is 3.15. The van der Waals surface area contributed by atoms with Crippen LogP contribution in [0, 0.1) is 5.92 Å². The number of aliphatic hydroxyl groups excluding tert-OH is 3. The summed E-state index contributed by atoms with van der Waals surface area (Å²) in [7, 11) is 0. The van der Waals surface area contributed by atoms with E-state index in [1.54, 1.807) is 0 Å². The molecular weight excluding hydrogens is 268 g/mol. The molecule has 1 heterocycles. The summed E-state index contributed by atoms with van der Waals surface area (Å²) in [6.07, 6.45) is 0. The lowest BCUT2D eigenvalue weighted by Gasteiger charge is -2.28. The Morgan fingerprint density at radius 1 is 1.05 bits per heavy atom. The smallest absolute Gasteiger partial charge is 0.315 e. The zero-order chi connectivity index (χ0) is 15.0. The molecule has 3 amide bonds. The Morgan fingerprint density at radius 2 is 1.60 bits per heavy atom. The zero-order valence-corrected chi connectivity index (χ0v) is 11.2. The summed E-state index contributed by atoms with van der Waals surface area (Å²) >= 11 is 0. The van der Waals surface area contributed by atoms with Crippen LogP contribution < -0.4 is 21.3 Å². The first-order valence-corrected chi connectivity index (χ1v) is 6.44. The summed E-state index contributed by atoms with van der Waals surface area (Å²) in [5.41, 5.74) is -1.45. The largest absolute Gasteiger partial charge is 0.394 e. The standard InChI is InChI=1S/C11H22N4O5/c16-5-11(6-17,7-18)15-10(20)14-2-1-13-9(19)8-3-12-4-8/h8,12,16-18H,1-7H2,(H,13,19)(H2,14,15,20). The van der Waals surface area contributed by atoms with Gasteiger partial charge in [-0.05, 0) is 0 Å². The summed E-state index contributed by atoms with van der Waals surface area (Å²) in [6, 6.07) is -0.637. The van der Waals surface area contributed by atoms with Crippen molar-refractivity contribution in [1.29, 1.82) is 0 Å². The summed E-state index contributed by atoms with van der Waals surface area (Å²) in [5.74, 6) is -0.0592. The highest BCUT2D eigenvalue weighted by molar-refractivity contribution is 5.80. The zero-order valence-electron chi connectivity index (χ0n) is 11.2. The molecule has 0 aromatic carbocycles. The van der Waals surface area contributed by atoms with Crippen LogP contribution in [0.15, 0.2) is 0 Å². The quantitative estimate of drug-likeness (QED) is 0.230. The van der Waals surface area contributed by atoms with Gasteiger partial charge in [-0.25, -0.2) is 4.79 Å². The topological polar surface area (TPSA) is 143 Å². The van der Waals surface area contributed by atoms with E-state index in [9.17, 15) is 9.59 Å². The molecule has 0 aromatic heterocycles. The maximum Gasteiger partial charge on any atom is 0.315 e. The van der Waals surface area contributed by atoms with E-state index in [-0.39, 0.29) is 24.9 Å². The Bertz CT molecular complexity index is 323. The fraction of sp³-hybridized carbons (Fsp3) is 0.818. The summed E-state index contributed by atoms with van der Waals surface area (Å²) in [5, 5.41) is 37.5. The van der Waals surface area contributed by atoms with Crippen molar-refractivity contribution in [1.82, 2.24) is 21.3 Å². The highest BCUT2D eigenvalue weighted by atomic mass is 16.3. The van der Waals surface area contributed by atoms with Crippen molar-refractivity contribution in [3.05, 3.63) is 0 Å². The molecule has 0 aromatic rings. The lowest BCUT2D eigenvalue weighted by molar-refractivity contribution is -0.126. The third-order valence-corrected chi connectivity index (χ3v) is 3.15. The molecule has 0 bridgehead atoms. The van der Waals surface area contributed by atoms with Gasteiger partial charge in [-0.1, -0.05) is 0 Å². The Hall–Kier alpha value is -1.42. The van der Waals surface area contributed by atoms with Gasteiger partial charge in [-0.2, -0.15) is 0 Å². The molecule has 0 radical (unpaired) electrons. The number of carbonyl (C=O) groups excluding carboxylic acids is 2. The SMILES string of the molecule is O=C(NCCNC(=O)C1CNC1)NC(CO)(CO)CO. The Morgan fingerprint density at radius 3 is 2.05 bits per heavy atom. The molecule has 0 atom stereocenters. The highest BCUT2D eigenvalue weighted by Crippen LogP contribution is 2.01. The first-order valence-electron chi connectivity index (χ1n) is 6.44. The predicted octanol–water partition coefficient (Wildman–Crippen LogP) is -3.66. The Balaban J connectivity index is 2.17. The van der Waals surface area contributed by atoms with Crippen LogP contribution in [-0.4, -0.2) is 78.8 Å². The molecule has 0 saturated carbocycles. The molecule has 1 aliphatic rings. The maximum absolute atomic E-state index is 11.5. The number of hydrogen-bond acceptors (Lipinski definition) is 6. The molecule has 1 rings (SSSR count). The van der Waals surface area contributed by atoms with Crippen LogP contribution in [0.1, 0.15) is 0 Å². The first-order chi connectivity index (χ1) is 9.56. The van der Waals surface area contributed by atoms with Crippen LogP contribution in [0.2, 0.25) is 0 Å². The van der Waals surface area contributed by atoms with Gasteiger partial charge in [0.15, 0.2) is 0 Å². The highest BCUT2D eigenvalue weighted by Gasteiger charge is 2.29. The molecule has 1 fully saturated rings. The normalized spacial score (nSPS) is 15.3. The summed E-state index contributed by atoms with van der Waals surface area (Å²) < 4.78 is 0. The van der Waals surface area contributed by atoms with E-state index >= 15 is 0 Å². The van der Waals surface area contributed by atoms with E-state index in [0.29, 0.717) is 13.1 Å². The van der Waals surface area contributed by atoms with Gasteiger partial charge in [0.05, 0.1) is 25.7 Å². The second-order valence-corrected chi connectivity index (χ2v) is 4.78. The number of hydrogen-bond donors (Lipinski definition) is 7. The molecule has 0 spiro atoms. The van der Waals surface area contributed by atoms with Crippen LogP contribution in [0.5, 0.6) is 0 Å². The van der Waals surface area contributed by atoms with Gasteiger partial charge >= 0.3 is 6.03 Å². The molecule has 116 valence electrons. The second-order valence-electron chi connectivity index (χ2n) is 4.78. The first kappa shape index (κ1) is 16.6. The predicted molar refractivity (Wildman–Crippen MR) is 69.9 cm³/mol. The number of carbonyl (C=O) groups is 2. The van der Waals surface area contributed by atoms with E-state index in [2.05, 4.69) is 21.3 Å². The number of urea groups is 1. The number of rotatable bonds is 8. The summed E-state index contributed by atoms with van der Waals surface area (Å²) in [4.78, 5) is 23.0. The van der Waals surface area contributed by atoms with Crippen molar-refractivity contribution in [3.63, 3.8) is 0 Å². The lowest BCUT2D eigenvalue weighted by atomic mass is 10.0. The second kappa shape index (κ2) is 8.00. The molecule has 9 nitrogen and oxygen atoms in total. The monoisotopic (exact) mass is 290 g/mol. The van der Waals surface area contributed by atoms with Gasteiger partial charge < -0.3 is 36.6 Å². The van der Waals surface area contributed by atoms with Gasteiger partial charge in [0.1, 0.15) is 5.54 Å². The van der Waals surface area contributed by atoms with Crippen molar-refractivity contribution in [3.8, 4) is 0 Å². The molecule has 20 heavy (non-hydrogen) atoms. The van der Waals surface area contributed by atoms with Crippen LogP contribution in [-0.2, 0) is 4.79 Å². The molecule has 9 heteroatoms. The van der Waals surface area contributed by atoms with Gasteiger partial charge in [-0.15, -0.1) is 0 Å². The molecule has 7 N–H and O–H groups in total. The van der Waals surface area contributed by atoms with Crippen molar-refractivity contribution in [2.75, 3.05) is 46.0 Å². The fourth-order valence-corrected chi connectivity index (χ4v) is 1.53. The molecule has 1 saturated heterocycles. The van der Waals surface area contributed by atoms with E-state index in [4.69, 9.17) is 15.3 Å². The van der Waals surface area contributed by atoms with E-state index in [0.717, 1.165) is 0 Å². The summed E-state index contributed by atoms with van der Waals surface area (Å²) in [6.45, 7) is 0.0806. The molecular formula is C11H22N4O5. The van der Waals surface area contributed by atoms with Crippen LogP contribution >= 0.6 is 0 Å². The number of amides is 3. The Kier molecular flexibility index (Phi) is 6.65. The molecule has 0 unspecified atom stereocenters. The minimum absolute atomic E-state index is 0.00496. The van der Waals surface area contributed by atoms with Gasteiger partial charge in [0.2, 0.25) is 5.91 Å². The van der Waals surface area contributed by atoms with Gasteiger partial charge in [0.25, 0.3) is 0 Å². The van der Waals surface area contributed by atoms with Crippen LogP contribution in [0.3, 0.4) is 0 Å². The van der Waals surface area contributed by atoms with Crippen molar-refractivity contribution >= 4 is 11.9 Å². The van der Waals surface area contributed by atoms with Crippen molar-refractivity contribution in [2.24, 2.45) is 5.92 Å². The van der Waals surface area contributed by atoms with E-state index in [1.807, 2.05) is 0 Å². The number of nitrogens with one attached hydrogen (secondary N) is 4. The van der Waals surface area contributed by atoms with Gasteiger partial charge in [0, 0.05) is 26.2 Å². The van der Waals surface area contributed by atoms with E-state index < -0.39 is 31.4 Å². The van der Waals surface area contributed by atoms with Crippen LogP contribution in [0.4, 0.5) is 4.79 Å².